The molecule has 1 heterocycles. The molecule has 0 bridgehead atoms. The second-order valence-electron chi connectivity index (χ2n) is 6.06. The van der Waals surface area contributed by atoms with Gasteiger partial charge < -0.3 is 10.1 Å². The molecule has 19 heavy (non-hydrogen) atoms. The van der Waals surface area contributed by atoms with E-state index in [1.54, 1.807) is 13.3 Å². The molecular formula is C16H26N2O. The topological polar surface area (TPSA) is 34.1 Å². The van der Waals surface area contributed by atoms with Crippen molar-refractivity contribution in [3.63, 3.8) is 0 Å². The highest BCUT2D eigenvalue weighted by molar-refractivity contribution is 5.52. The van der Waals surface area contributed by atoms with Crippen molar-refractivity contribution >= 4 is 5.69 Å². The summed E-state index contributed by atoms with van der Waals surface area (Å²) in [6, 6.07) is 4.58. The van der Waals surface area contributed by atoms with Crippen molar-refractivity contribution in [3.05, 3.63) is 18.3 Å². The smallest absolute Gasteiger partial charge is 0.237 e. The Morgan fingerprint density at radius 3 is 3.00 bits per heavy atom. The highest BCUT2D eigenvalue weighted by Gasteiger charge is 2.23. The lowest BCUT2D eigenvalue weighted by atomic mass is 9.81. The zero-order chi connectivity index (χ0) is 13.7. The standard InChI is InChI=1S/C16H26N2O/c1-12(2)10-13-6-4-7-14(11-13)18-15-8-5-9-17-16(15)19-3/h5,8-9,12-14,18H,4,6-7,10-11H2,1-3H3. The van der Waals surface area contributed by atoms with Gasteiger partial charge in [-0.05, 0) is 43.2 Å². The van der Waals surface area contributed by atoms with Crippen LogP contribution in [0.25, 0.3) is 0 Å². The van der Waals surface area contributed by atoms with E-state index in [1.807, 2.05) is 6.07 Å². The number of hydrogen-bond acceptors (Lipinski definition) is 3. The molecule has 1 N–H and O–H groups in total. The molecule has 0 amide bonds. The van der Waals surface area contributed by atoms with Crippen molar-refractivity contribution in [2.75, 3.05) is 12.4 Å². The van der Waals surface area contributed by atoms with Gasteiger partial charge in [0.05, 0.1) is 12.8 Å². The van der Waals surface area contributed by atoms with E-state index in [0.29, 0.717) is 11.9 Å². The van der Waals surface area contributed by atoms with Crippen LogP contribution in [0.4, 0.5) is 5.69 Å². The fourth-order valence-electron chi connectivity index (χ4n) is 3.19. The summed E-state index contributed by atoms with van der Waals surface area (Å²) in [5, 5.41) is 3.62. The van der Waals surface area contributed by atoms with Crippen LogP contribution in [-0.4, -0.2) is 18.1 Å². The minimum Gasteiger partial charge on any atom is -0.480 e. The molecule has 1 fully saturated rings. The molecule has 106 valence electrons. The van der Waals surface area contributed by atoms with Crippen LogP contribution in [-0.2, 0) is 0 Å². The monoisotopic (exact) mass is 262 g/mol. The molecule has 2 atom stereocenters. The molecule has 3 heteroatoms. The first-order valence-corrected chi connectivity index (χ1v) is 7.44. The Morgan fingerprint density at radius 2 is 2.26 bits per heavy atom. The molecule has 1 aromatic rings. The van der Waals surface area contributed by atoms with Crippen LogP contribution < -0.4 is 10.1 Å². The molecule has 0 aromatic carbocycles. The number of pyridine rings is 1. The first-order valence-electron chi connectivity index (χ1n) is 7.44. The van der Waals surface area contributed by atoms with Gasteiger partial charge in [0.15, 0.2) is 0 Å². The number of aromatic nitrogens is 1. The SMILES string of the molecule is COc1ncccc1NC1CCCC(CC(C)C)C1. The number of ether oxygens (including phenoxy) is 1. The fourth-order valence-corrected chi connectivity index (χ4v) is 3.19. The van der Waals surface area contributed by atoms with Gasteiger partial charge in [-0.3, -0.25) is 0 Å². The Labute approximate surface area is 116 Å². The predicted molar refractivity (Wildman–Crippen MR) is 79.6 cm³/mol. The molecule has 1 saturated carbocycles. The van der Waals surface area contributed by atoms with Gasteiger partial charge in [0, 0.05) is 12.2 Å². The molecule has 2 unspecified atom stereocenters. The Kier molecular flexibility index (Phi) is 5.06. The van der Waals surface area contributed by atoms with E-state index in [-0.39, 0.29) is 0 Å². The van der Waals surface area contributed by atoms with E-state index in [0.717, 1.165) is 17.5 Å². The van der Waals surface area contributed by atoms with Crippen LogP contribution in [0.3, 0.4) is 0 Å². The largest absolute Gasteiger partial charge is 0.480 e. The van der Waals surface area contributed by atoms with Crippen molar-refractivity contribution in [1.82, 2.24) is 4.98 Å². The summed E-state index contributed by atoms with van der Waals surface area (Å²) in [4.78, 5) is 4.25. The molecular weight excluding hydrogens is 236 g/mol. The number of nitrogens with zero attached hydrogens (tertiary/aromatic N) is 1. The summed E-state index contributed by atoms with van der Waals surface area (Å²) in [7, 11) is 1.68. The predicted octanol–water partition coefficient (Wildman–Crippen LogP) is 4.11. The second-order valence-corrected chi connectivity index (χ2v) is 6.06. The summed E-state index contributed by atoms with van der Waals surface area (Å²) in [5.41, 5.74) is 1.03. The number of rotatable bonds is 5. The van der Waals surface area contributed by atoms with Crippen molar-refractivity contribution in [1.29, 1.82) is 0 Å². The van der Waals surface area contributed by atoms with Crippen LogP contribution in [0.15, 0.2) is 18.3 Å². The summed E-state index contributed by atoms with van der Waals surface area (Å²) in [6.45, 7) is 4.64. The average Bonchev–Trinajstić information content (AvgIpc) is 2.39. The Balaban J connectivity index is 1.95. The zero-order valence-electron chi connectivity index (χ0n) is 12.4. The van der Waals surface area contributed by atoms with Crippen LogP contribution >= 0.6 is 0 Å². The van der Waals surface area contributed by atoms with Crippen molar-refractivity contribution in [3.8, 4) is 5.88 Å². The molecule has 0 saturated heterocycles. The highest BCUT2D eigenvalue weighted by Crippen LogP contribution is 2.32. The lowest BCUT2D eigenvalue weighted by molar-refractivity contribution is 0.288. The number of nitrogens with one attached hydrogen (secondary N) is 1. The van der Waals surface area contributed by atoms with E-state index < -0.39 is 0 Å². The van der Waals surface area contributed by atoms with Gasteiger partial charge in [0.1, 0.15) is 0 Å². The van der Waals surface area contributed by atoms with Crippen LogP contribution in [0.1, 0.15) is 46.0 Å². The van der Waals surface area contributed by atoms with E-state index in [4.69, 9.17) is 4.74 Å². The summed E-state index contributed by atoms with van der Waals surface area (Å²) in [6.07, 6.45) is 8.37. The third kappa shape index (κ3) is 4.12. The molecule has 0 aliphatic heterocycles. The van der Waals surface area contributed by atoms with Gasteiger partial charge in [0.2, 0.25) is 5.88 Å². The van der Waals surface area contributed by atoms with Crippen LogP contribution in [0.5, 0.6) is 5.88 Å². The third-order valence-electron chi connectivity index (χ3n) is 3.91. The lowest BCUT2D eigenvalue weighted by Gasteiger charge is -2.31. The Hall–Kier alpha value is -1.25. The number of methoxy groups -OCH3 is 1. The van der Waals surface area contributed by atoms with Crippen LogP contribution in [0.2, 0.25) is 0 Å². The summed E-state index contributed by atoms with van der Waals surface area (Å²) >= 11 is 0. The zero-order valence-corrected chi connectivity index (χ0v) is 12.4. The molecule has 2 rings (SSSR count). The van der Waals surface area contributed by atoms with Gasteiger partial charge in [-0.15, -0.1) is 0 Å². The minimum atomic E-state index is 0.565. The first kappa shape index (κ1) is 14.2. The second kappa shape index (κ2) is 6.78. The van der Waals surface area contributed by atoms with Crippen molar-refractivity contribution in [2.45, 2.75) is 52.0 Å². The quantitative estimate of drug-likeness (QED) is 0.867. The number of hydrogen-bond donors (Lipinski definition) is 1. The molecule has 1 aliphatic carbocycles. The van der Waals surface area contributed by atoms with Crippen molar-refractivity contribution in [2.24, 2.45) is 11.8 Å². The van der Waals surface area contributed by atoms with E-state index in [2.05, 4.69) is 30.2 Å². The maximum absolute atomic E-state index is 5.30. The minimum absolute atomic E-state index is 0.565. The Morgan fingerprint density at radius 1 is 1.42 bits per heavy atom. The van der Waals surface area contributed by atoms with Gasteiger partial charge in [-0.1, -0.05) is 26.7 Å². The summed E-state index contributed by atoms with van der Waals surface area (Å²) in [5.74, 6) is 2.37. The van der Waals surface area contributed by atoms with E-state index in [1.165, 1.54) is 32.1 Å². The van der Waals surface area contributed by atoms with Crippen LogP contribution in [0, 0.1) is 11.8 Å². The van der Waals surface area contributed by atoms with E-state index >= 15 is 0 Å². The normalized spacial score (nSPS) is 23.4. The first-order chi connectivity index (χ1) is 9.19. The van der Waals surface area contributed by atoms with E-state index in [9.17, 15) is 0 Å². The third-order valence-corrected chi connectivity index (χ3v) is 3.91. The van der Waals surface area contributed by atoms with Crippen molar-refractivity contribution < 1.29 is 4.74 Å². The van der Waals surface area contributed by atoms with Gasteiger partial charge in [-0.2, -0.15) is 0 Å². The average molecular weight is 262 g/mol. The van der Waals surface area contributed by atoms with Gasteiger partial charge in [0.25, 0.3) is 0 Å². The molecule has 1 aromatic heterocycles. The molecule has 0 spiro atoms. The molecule has 3 nitrogen and oxygen atoms in total. The lowest BCUT2D eigenvalue weighted by Crippen LogP contribution is -2.28. The van der Waals surface area contributed by atoms with Gasteiger partial charge >= 0.3 is 0 Å². The summed E-state index contributed by atoms with van der Waals surface area (Å²) < 4.78 is 5.30. The molecule has 1 aliphatic rings. The maximum atomic E-state index is 5.30. The Bertz CT molecular complexity index is 392. The molecule has 0 radical (unpaired) electrons. The number of anilines is 1. The van der Waals surface area contributed by atoms with Gasteiger partial charge in [-0.25, -0.2) is 4.98 Å². The highest BCUT2D eigenvalue weighted by atomic mass is 16.5. The maximum Gasteiger partial charge on any atom is 0.237 e. The fraction of sp³-hybridized carbons (Fsp3) is 0.688.